The van der Waals surface area contributed by atoms with Crippen molar-refractivity contribution in [2.75, 3.05) is 35.2 Å². The molecule has 1 saturated heterocycles. The Morgan fingerprint density at radius 3 is 2.56 bits per heavy atom. The Kier molecular flexibility index (Phi) is 4.91. The molecule has 2 heterocycles. The molecule has 146 valence electrons. The molecule has 0 aliphatic carbocycles. The molecule has 0 unspecified atom stereocenters. The van der Waals surface area contributed by atoms with Crippen molar-refractivity contribution in [1.29, 1.82) is 0 Å². The quantitative estimate of drug-likeness (QED) is 0.778. The number of hydrogen-bond acceptors (Lipinski definition) is 6. The minimum absolute atomic E-state index is 0.0841. The minimum atomic E-state index is -3.38. The molecule has 0 aromatic heterocycles. The monoisotopic (exact) mass is 403 g/mol. The summed E-state index contributed by atoms with van der Waals surface area (Å²) in [7, 11) is -3.38. The number of benzene rings is 1. The Morgan fingerprint density at radius 2 is 2.00 bits per heavy atom. The molecule has 1 aromatic rings. The van der Waals surface area contributed by atoms with E-state index in [1.807, 2.05) is 0 Å². The minimum Gasteiger partial charge on any atom is -0.465 e. The number of nitrogens with zero attached hydrogens (tertiary/aromatic N) is 2. The first-order valence-corrected chi connectivity index (χ1v) is 9.49. The smallest absolute Gasteiger partial charge is 0.414 e. The topological polar surface area (TPSA) is 116 Å². The summed E-state index contributed by atoms with van der Waals surface area (Å²) in [6.07, 6.45) is -1.86. The summed E-state index contributed by atoms with van der Waals surface area (Å²) in [5, 5.41) is 11.5. The molecule has 2 aliphatic rings. The van der Waals surface area contributed by atoms with Gasteiger partial charge in [0, 0.05) is 30.3 Å². The molecule has 2 N–H and O–H groups in total. The SMILES string of the molecule is O=C(O)NC[C@H]1CN(c2cc(F)c(N3C=CS(=O)(=O)CC3)c(F)c2)C(=O)O1. The van der Waals surface area contributed by atoms with Crippen LogP contribution in [0.5, 0.6) is 0 Å². The van der Waals surface area contributed by atoms with Gasteiger partial charge in [0.05, 0.1) is 24.5 Å². The van der Waals surface area contributed by atoms with Crippen molar-refractivity contribution in [3.8, 4) is 0 Å². The fourth-order valence-electron chi connectivity index (χ4n) is 2.74. The first-order valence-electron chi connectivity index (χ1n) is 7.78. The highest BCUT2D eigenvalue weighted by Gasteiger charge is 2.34. The molecule has 2 aliphatic heterocycles. The third-order valence-corrected chi connectivity index (χ3v) is 5.31. The molecule has 1 aromatic carbocycles. The Bertz CT molecular complexity index is 897. The maximum absolute atomic E-state index is 14.5. The van der Waals surface area contributed by atoms with E-state index in [0.717, 1.165) is 33.5 Å². The number of carbonyl (C=O) groups is 2. The maximum atomic E-state index is 14.5. The van der Waals surface area contributed by atoms with E-state index < -0.39 is 45.4 Å². The number of nitrogens with one attached hydrogen (secondary N) is 1. The van der Waals surface area contributed by atoms with E-state index in [1.165, 1.54) is 0 Å². The molecule has 0 saturated carbocycles. The summed E-state index contributed by atoms with van der Waals surface area (Å²) in [5.41, 5.74) is -0.522. The lowest BCUT2D eigenvalue weighted by Crippen LogP contribution is -2.33. The number of hydrogen-bond donors (Lipinski definition) is 2. The molecule has 1 fully saturated rings. The van der Waals surface area contributed by atoms with E-state index in [4.69, 9.17) is 9.84 Å². The van der Waals surface area contributed by atoms with Crippen LogP contribution in [0.15, 0.2) is 23.7 Å². The van der Waals surface area contributed by atoms with E-state index in [9.17, 15) is 26.8 Å². The second-order valence-corrected chi connectivity index (χ2v) is 7.91. The van der Waals surface area contributed by atoms with Gasteiger partial charge in [-0.15, -0.1) is 0 Å². The fraction of sp³-hybridized carbons (Fsp3) is 0.333. The van der Waals surface area contributed by atoms with Crippen LogP contribution in [0.1, 0.15) is 0 Å². The molecule has 0 bridgehead atoms. The third-order valence-electron chi connectivity index (χ3n) is 4.02. The molecular formula is C15H15F2N3O6S. The Balaban J connectivity index is 1.81. The molecule has 2 amide bonds. The molecule has 3 rings (SSSR count). The van der Waals surface area contributed by atoms with Crippen LogP contribution < -0.4 is 15.1 Å². The number of anilines is 2. The predicted octanol–water partition coefficient (Wildman–Crippen LogP) is 1.26. The van der Waals surface area contributed by atoms with Gasteiger partial charge in [-0.05, 0) is 0 Å². The second-order valence-electron chi connectivity index (χ2n) is 5.91. The van der Waals surface area contributed by atoms with E-state index in [-0.39, 0.29) is 31.1 Å². The summed E-state index contributed by atoms with van der Waals surface area (Å²) >= 11 is 0. The molecule has 1 atom stereocenters. The highest BCUT2D eigenvalue weighted by atomic mass is 32.2. The molecule has 0 spiro atoms. The zero-order valence-electron chi connectivity index (χ0n) is 13.8. The van der Waals surface area contributed by atoms with Gasteiger partial charge in [-0.2, -0.15) is 0 Å². The van der Waals surface area contributed by atoms with Gasteiger partial charge in [0.1, 0.15) is 11.8 Å². The summed E-state index contributed by atoms with van der Waals surface area (Å²) in [6.45, 7) is -0.354. The van der Waals surface area contributed by atoms with Crippen molar-refractivity contribution in [3.05, 3.63) is 35.4 Å². The van der Waals surface area contributed by atoms with Gasteiger partial charge < -0.3 is 20.1 Å². The first kappa shape index (κ1) is 18.9. The van der Waals surface area contributed by atoms with Crippen molar-refractivity contribution in [1.82, 2.24) is 5.32 Å². The zero-order valence-corrected chi connectivity index (χ0v) is 14.6. The first-order chi connectivity index (χ1) is 12.7. The van der Waals surface area contributed by atoms with Crippen molar-refractivity contribution < 1.29 is 36.6 Å². The van der Waals surface area contributed by atoms with E-state index in [2.05, 4.69) is 5.32 Å². The Morgan fingerprint density at radius 1 is 1.33 bits per heavy atom. The van der Waals surface area contributed by atoms with Crippen LogP contribution in [0.3, 0.4) is 0 Å². The van der Waals surface area contributed by atoms with Gasteiger partial charge in [-0.25, -0.2) is 26.8 Å². The van der Waals surface area contributed by atoms with Crippen LogP contribution in [0, 0.1) is 11.6 Å². The van der Waals surface area contributed by atoms with Crippen molar-refractivity contribution in [3.63, 3.8) is 0 Å². The van der Waals surface area contributed by atoms with Crippen LogP contribution >= 0.6 is 0 Å². The Hall–Kier alpha value is -2.89. The lowest BCUT2D eigenvalue weighted by Gasteiger charge is -2.25. The zero-order chi connectivity index (χ0) is 19.8. The van der Waals surface area contributed by atoms with Gasteiger partial charge in [0.15, 0.2) is 21.5 Å². The number of cyclic esters (lactones) is 1. The van der Waals surface area contributed by atoms with Gasteiger partial charge in [-0.3, -0.25) is 4.90 Å². The van der Waals surface area contributed by atoms with Crippen molar-refractivity contribution >= 4 is 33.4 Å². The van der Waals surface area contributed by atoms with Crippen LogP contribution in [0.2, 0.25) is 0 Å². The van der Waals surface area contributed by atoms with Crippen molar-refractivity contribution in [2.45, 2.75) is 6.10 Å². The fourth-order valence-corrected chi connectivity index (χ4v) is 3.66. The number of rotatable bonds is 4. The highest BCUT2D eigenvalue weighted by Crippen LogP contribution is 2.32. The molecule has 27 heavy (non-hydrogen) atoms. The molecular weight excluding hydrogens is 388 g/mol. The van der Waals surface area contributed by atoms with Gasteiger partial charge >= 0.3 is 12.2 Å². The van der Waals surface area contributed by atoms with Crippen LogP contribution in [0.25, 0.3) is 0 Å². The number of ether oxygens (including phenoxy) is 1. The number of amides is 2. The summed E-state index contributed by atoms with van der Waals surface area (Å²) < 4.78 is 56.7. The largest absolute Gasteiger partial charge is 0.465 e. The van der Waals surface area contributed by atoms with E-state index in [1.54, 1.807) is 0 Å². The van der Waals surface area contributed by atoms with Gasteiger partial charge in [0.2, 0.25) is 0 Å². The van der Waals surface area contributed by atoms with Gasteiger partial charge in [-0.1, -0.05) is 0 Å². The summed E-state index contributed by atoms with van der Waals surface area (Å²) in [5.74, 6) is -2.23. The predicted molar refractivity (Wildman–Crippen MR) is 90.3 cm³/mol. The lowest BCUT2D eigenvalue weighted by atomic mass is 10.2. The standard InChI is InChI=1S/C15H15F2N3O6S/c16-11-5-9(20-8-10(26-15(20)23)7-18-14(21)22)6-12(17)13(11)19-1-3-27(24,25)4-2-19/h1,3,5-6,10,18H,2,4,7-8H2,(H,21,22)/t10-/m0/s1. The number of halogens is 2. The van der Waals surface area contributed by atoms with Crippen LogP contribution in [-0.4, -0.2) is 57.2 Å². The normalized spacial score (nSPS) is 21.3. The number of carboxylic acid groups (broad SMARTS) is 1. The lowest BCUT2D eigenvalue weighted by molar-refractivity contribution is 0.136. The van der Waals surface area contributed by atoms with Crippen LogP contribution in [0.4, 0.5) is 29.7 Å². The number of carbonyl (C=O) groups excluding carboxylic acids is 1. The summed E-state index contributed by atoms with van der Waals surface area (Å²) in [4.78, 5) is 24.5. The second kappa shape index (κ2) is 7.02. The molecule has 9 nitrogen and oxygen atoms in total. The highest BCUT2D eigenvalue weighted by molar-refractivity contribution is 7.94. The maximum Gasteiger partial charge on any atom is 0.414 e. The van der Waals surface area contributed by atoms with Crippen molar-refractivity contribution in [2.24, 2.45) is 0 Å². The Labute approximate surface area is 152 Å². The summed E-state index contributed by atoms with van der Waals surface area (Å²) in [6, 6.07) is 1.87. The molecule has 0 radical (unpaired) electrons. The third kappa shape index (κ3) is 4.10. The average Bonchev–Trinajstić information content (AvgIpc) is 2.94. The average molecular weight is 403 g/mol. The van der Waals surface area contributed by atoms with Crippen LogP contribution in [-0.2, 0) is 14.6 Å². The molecule has 12 heteroatoms. The van der Waals surface area contributed by atoms with Gasteiger partial charge in [0.25, 0.3) is 0 Å². The number of sulfone groups is 1. The van der Waals surface area contributed by atoms with E-state index >= 15 is 0 Å². The van der Waals surface area contributed by atoms with E-state index in [0.29, 0.717) is 0 Å².